The number of carbonyl (C=O) groups excluding carboxylic acids is 1. The minimum absolute atomic E-state index is 0.104. The maximum absolute atomic E-state index is 13.0. The quantitative estimate of drug-likeness (QED) is 0.496. The fraction of sp³-hybridized carbons (Fsp3) is 0.250. The monoisotopic (exact) mass is 455 g/mol. The molecular formula is C20H17ClF3N3O2S. The topological polar surface area (TPSA) is 63.1 Å². The summed E-state index contributed by atoms with van der Waals surface area (Å²) in [6.45, 7) is 2.38. The van der Waals surface area contributed by atoms with Crippen LogP contribution in [-0.4, -0.2) is 29.1 Å². The minimum atomic E-state index is -4.56. The van der Waals surface area contributed by atoms with Crippen molar-refractivity contribution in [2.45, 2.75) is 24.8 Å². The van der Waals surface area contributed by atoms with Crippen molar-refractivity contribution < 1.29 is 22.7 Å². The molecule has 1 heterocycles. The lowest BCUT2D eigenvalue weighted by atomic mass is 10.1. The van der Waals surface area contributed by atoms with Gasteiger partial charge in [0.15, 0.2) is 5.17 Å². The normalized spacial score (nSPS) is 18.2. The molecular weight excluding hydrogens is 439 g/mol. The van der Waals surface area contributed by atoms with Gasteiger partial charge in [-0.25, -0.2) is 0 Å². The Kier molecular flexibility index (Phi) is 7.04. The molecule has 30 heavy (non-hydrogen) atoms. The number of hydrogen-bond acceptors (Lipinski definition) is 5. The third-order valence-corrected chi connectivity index (χ3v) is 5.50. The highest BCUT2D eigenvalue weighted by Gasteiger charge is 2.35. The van der Waals surface area contributed by atoms with E-state index >= 15 is 0 Å². The van der Waals surface area contributed by atoms with Gasteiger partial charge in [-0.05, 0) is 43.2 Å². The third kappa shape index (κ3) is 5.54. The number of halogens is 4. The van der Waals surface area contributed by atoms with Crippen molar-refractivity contribution in [3.8, 4) is 5.75 Å². The molecule has 1 amide bonds. The van der Waals surface area contributed by atoms with Crippen molar-refractivity contribution in [1.82, 2.24) is 5.32 Å². The van der Waals surface area contributed by atoms with Crippen LogP contribution < -0.4 is 10.1 Å². The third-order valence-electron chi connectivity index (χ3n) is 4.10. The fourth-order valence-corrected chi connectivity index (χ4v) is 3.92. The van der Waals surface area contributed by atoms with Gasteiger partial charge in [-0.3, -0.25) is 4.79 Å². The molecule has 1 atom stereocenters. The van der Waals surface area contributed by atoms with E-state index in [1.54, 1.807) is 6.07 Å². The van der Waals surface area contributed by atoms with Gasteiger partial charge >= 0.3 is 6.18 Å². The maximum atomic E-state index is 13.0. The van der Waals surface area contributed by atoms with Crippen molar-refractivity contribution in [2.75, 3.05) is 6.61 Å². The molecule has 0 radical (unpaired) electrons. The Morgan fingerprint density at radius 1 is 1.27 bits per heavy atom. The summed E-state index contributed by atoms with van der Waals surface area (Å²) < 4.78 is 44.6. The average molecular weight is 456 g/mol. The van der Waals surface area contributed by atoms with Gasteiger partial charge in [-0.15, -0.1) is 5.10 Å². The molecule has 0 aromatic heterocycles. The predicted octanol–water partition coefficient (Wildman–Crippen LogP) is 4.92. The number of ether oxygens (including phenoxy) is 1. The lowest BCUT2D eigenvalue weighted by Crippen LogP contribution is -2.26. The Morgan fingerprint density at radius 2 is 2.03 bits per heavy atom. The summed E-state index contributed by atoms with van der Waals surface area (Å²) in [5.74, 6) is 0.320. The summed E-state index contributed by atoms with van der Waals surface area (Å²) in [5, 5.41) is 9.85. The smallest absolute Gasteiger partial charge is 0.417 e. The largest absolute Gasteiger partial charge is 0.493 e. The zero-order valence-electron chi connectivity index (χ0n) is 15.7. The fourth-order valence-electron chi connectivity index (χ4n) is 2.73. The highest BCUT2D eigenvalue weighted by molar-refractivity contribution is 8.15. The molecule has 3 rings (SSSR count). The molecule has 1 aliphatic rings. The first kappa shape index (κ1) is 22.2. The van der Waals surface area contributed by atoms with Gasteiger partial charge < -0.3 is 10.1 Å². The van der Waals surface area contributed by atoms with Crippen molar-refractivity contribution in [3.63, 3.8) is 0 Å². The number of nitrogens with zero attached hydrogens (tertiary/aromatic N) is 2. The average Bonchev–Trinajstić information content (AvgIpc) is 3.03. The number of amides is 1. The van der Waals surface area contributed by atoms with Gasteiger partial charge in [-0.1, -0.05) is 41.6 Å². The van der Waals surface area contributed by atoms with E-state index in [-0.39, 0.29) is 22.5 Å². The molecule has 1 N–H and O–H groups in total. The molecule has 10 heteroatoms. The second kappa shape index (κ2) is 9.53. The first-order valence-electron chi connectivity index (χ1n) is 8.94. The Hall–Kier alpha value is -2.52. The Balaban J connectivity index is 1.68. The zero-order valence-corrected chi connectivity index (χ0v) is 17.3. The molecule has 2 aromatic carbocycles. The van der Waals surface area contributed by atoms with Gasteiger partial charge in [-0.2, -0.15) is 18.3 Å². The summed E-state index contributed by atoms with van der Waals surface area (Å²) in [4.78, 5) is 12.2. The molecule has 0 spiro atoms. The lowest BCUT2D eigenvalue weighted by molar-refractivity contribution is -0.137. The number of carbonyl (C=O) groups is 1. The molecule has 2 aromatic rings. The summed E-state index contributed by atoms with van der Waals surface area (Å²) >= 11 is 6.75. The molecule has 1 aliphatic heterocycles. The number of benzene rings is 2. The van der Waals surface area contributed by atoms with E-state index in [1.807, 2.05) is 25.1 Å². The summed E-state index contributed by atoms with van der Waals surface area (Å²) in [6.07, 6.45) is -2.95. The molecule has 1 saturated heterocycles. The number of amidine groups is 1. The molecule has 1 fully saturated rings. The standard InChI is InChI=1S/C20H17ClF3N3O2S/c1-2-29-16-6-4-3-5-13(16)11-25-27-19-26-18(28)17(30-19)10-12-7-8-15(21)14(9-12)20(22,23)24/h3-9,11,17H,2,10H2,1H3,(H,26,27,28)/b25-11+. The number of nitrogens with one attached hydrogen (secondary N) is 1. The van der Waals surface area contributed by atoms with Gasteiger partial charge in [0, 0.05) is 5.56 Å². The van der Waals surface area contributed by atoms with Crippen LogP contribution in [0.4, 0.5) is 13.2 Å². The van der Waals surface area contributed by atoms with Gasteiger partial charge in [0.25, 0.3) is 0 Å². The molecule has 0 aliphatic carbocycles. The first-order valence-corrected chi connectivity index (χ1v) is 10.2. The van der Waals surface area contributed by atoms with Crippen LogP contribution in [0.3, 0.4) is 0 Å². The van der Waals surface area contributed by atoms with E-state index in [1.165, 1.54) is 18.3 Å². The molecule has 1 unspecified atom stereocenters. The van der Waals surface area contributed by atoms with Crippen LogP contribution >= 0.6 is 23.4 Å². The molecule has 0 saturated carbocycles. The van der Waals surface area contributed by atoms with E-state index in [4.69, 9.17) is 16.3 Å². The summed E-state index contributed by atoms with van der Waals surface area (Å²) in [5.41, 5.74) is 0.168. The second-order valence-electron chi connectivity index (χ2n) is 6.23. The number of rotatable bonds is 6. The first-order chi connectivity index (χ1) is 14.3. The highest BCUT2D eigenvalue weighted by atomic mass is 35.5. The Labute approximate surface area is 180 Å². The van der Waals surface area contributed by atoms with Crippen LogP contribution in [-0.2, 0) is 17.4 Å². The van der Waals surface area contributed by atoms with E-state index in [0.29, 0.717) is 17.9 Å². The SMILES string of the molecule is CCOc1ccccc1/C=N/N=C1\NC(=O)C(Cc2ccc(Cl)c(C(F)(F)F)c2)S1. The molecule has 158 valence electrons. The van der Waals surface area contributed by atoms with E-state index in [2.05, 4.69) is 15.5 Å². The second-order valence-corrected chi connectivity index (χ2v) is 7.83. The number of thioether (sulfide) groups is 1. The van der Waals surface area contributed by atoms with Crippen molar-refractivity contribution in [1.29, 1.82) is 0 Å². The number of hydrogen-bond donors (Lipinski definition) is 1. The van der Waals surface area contributed by atoms with Crippen LogP contribution in [0.15, 0.2) is 52.7 Å². The highest BCUT2D eigenvalue weighted by Crippen LogP contribution is 2.36. The summed E-state index contributed by atoms with van der Waals surface area (Å²) in [7, 11) is 0. The number of alkyl halides is 3. The van der Waals surface area contributed by atoms with Crippen LogP contribution in [0.5, 0.6) is 5.75 Å². The maximum Gasteiger partial charge on any atom is 0.417 e. The zero-order chi connectivity index (χ0) is 21.7. The van der Waals surface area contributed by atoms with Crippen LogP contribution in [0.25, 0.3) is 0 Å². The van der Waals surface area contributed by atoms with Crippen molar-refractivity contribution in [2.24, 2.45) is 10.2 Å². The lowest BCUT2D eigenvalue weighted by Gasteiger charge is -2.12. The van der Waals surface area contributed by atoms with E-state index in [9.17, 15) is 18.0 Å². The predicted molar refractivity (Wildman–Crippen MR) is 112 cm³/mol. The Bertz CT molecular complexity index is 996. The molecule has 5 nitrogen and oxygen atoms in total. The van der Waals surface area contributed by atoms with Gasteiger partial charge in [0.05, 0.1) is 28.7 Å². The minimum Gasteiger partial charge on any atom is -0.493 e. The molecule has 0 bridgehead atoms. The van der Waals surface area contributed by atoms with Crippen LogP contribution in [0, 0.1) is 0 Å². The van der Waals surface area contributed by atoms with Crippen LogP contribution in [0.2, 0.25) is 5.02 Å². The van der Waals surface area contributed by atoms with Crippen molar-refractivity contribution in [3.05, 3.63) is 64.2 Å². The van der Waals surface area contributed by atoms with E-state index in [0.717, 1.165) is 23.4 Å². The number of para-hydroxylation sites is 1. The Morgan fingerprint density at radius 3 is 2.77 bits per heavy atom. The van der Waals surface area contributed by atoms with Gasteiger partial charge in [0.2, 0.25) is 5.91 Å². The van der Waals surface area contributed by atoms with E-state index < -0.39 is 17.0 Å². The van der Waals surface area contributed by atoms with Crippen molar-refractivity contribution >= 4 is 40.7 Å². The van der Waals surface area contributed by atoms with Crippen LogP contribution in [0.1, 0.15) is 23.6 Å². The van der Waals surface area contributed by atoms with Gasteiger partial charge in [0.1, 0.15) is 5.75 Å². The summed E-state index contributed by atoms with van der Waals surface area (Å²) in [6, 6.07) is 10.9.